The smallest absolute Gasteiger partial charge is 0.166 e. The van der Waals surface area contributed by atoms with Gasteiger partial charge in [0.15, 0.2) is 0 Å². The second kappa shape index (κ2) is 4.03. The lowest BCUT2D eigenvalue weighted by Gasteiger charge is -2.10. The molecule has 0 amide bonds. The Morgan fingerprint density at radius 3 is 2.29 bits per heavy atom. The van der Waals surface area contributed by atoms with Crippen molar-refractivity contribution in [2.24, 2.45) is 0 Å². The number of halogens is 3. The first-order chi connectivity index (χ1) is 6.45. The first-order valence-electron chi connectivity index (χ1n) is 4.62. The van der Waals surface area contributed by atoms with E-state index < -0.39 is 11.7 Å². The Kier molecular flexibility index (Phi) is 3.19. The SMILES string of the molecule is CCCc1ccc(C(F)(F)F)cc1C. The Bertz CT molecular complexity index is 313. The van der Waals surface area contributed by atoms with Crippen molar-refractivity contribution in [1.82, 2.24) is 0 Å². The molecular formula is C11H13F3. The molecule has 3 heteroatoms. The fourth-order valence-corrected chi connectivity index (χ4v) is 1.42. The van der Waals surface area contributed by atoms with E-state index in [0.717, 1.165) is 30.0 Å². The zero-order chi connectivity index (χ0) is 10.8. The molecule has 0 unspecified atom stereocenters. The highest BCUT2D eigenvalue weighted by atomic mass is 19.4. The average Bonchev–Trinajstić information content (AvgIpc) is 2.07. The Balaban J connectivity index is 3.01. The summed E-state index contributed by atoms with van der Waals surface area (Å²) in [4.78, 5) is 0. The lowest BCUT2D eigenvalue weighted by molar-refractivity contribution is -0.137. The van der Waals surface area contributed by atoms with Crippen molar-refractivity contribution >= 4 is 0 Å². The van der Waals surface area contributed by atoms with Crippen LogP contribution in [0.2, 0.25) is 0 Å². The van der Waals surface area contributed by atoms with Crippen LogP contribution in [0, 0.1) is 6.92 Å². The minimum atomic E-state index is -4.23. The van der Waals surface area contributed by atoms with Gasteiger partial charge in [-0.2, -0.15) is 13.2 Å². The molecule has 0 saturated heterocycles. The molecule has 0 heterocycles. The highest BCUT2D eigenvalue weighted by Gasteiger charge is 2.30. The van der Waals surface area contributed by atoms with E-state index in [9.17, 15) is 13.2 Å². The quantitative estimate of drug-likeness (QED) is 0.680. The first kappa shape index (κ1) is 11.1. The van der Waals surface area contributed by atoms with Crippen molar-refractivity contribution in [3.63, 3.8) is 0 Å². The number of benzene rings is 1. The third-order valence-corrected chi connectivity index (χ3v) is 2.19. The standard InChI is InChI=1S/C11H13F3/c1-3-4-9-5-6-10(7-8(9)2)11(12,13)14/h5-7H,3-4H2,1-2H3. The predicted octanol–water partition coefficient (Wildman–Crippen LogP) is 3.97. The molecule has 1 aromatic carbocycles. The highest BCUT2D eigenvalue weighted by molar-refractivity contribution is 5.32. The summed E-state index contributed by atoms with van der Waals surface area (Å²) >= 11 is 0. The van der Waals surface area contributed by atoms with Gasteiger partial charge in [0.05, 0.1) is 5.56 Å². The van der Waals surface area contributed by atoms with Crippen LogP contribution in [0.25, 0.3) is 0 Å². The topological polar surface area (TPSA) is 0 Å². The summed E-state index contributed by atoms with van der Waals surface area (Å²) in [7, 11) is 0. The zero-order valence-corrected chi connectivity index (χ0v) is 8.28. The van der Waals surface area contributed by atoms with Crippen LogP contribution in [0.3, 0.4) is 0 Å². The molecule has 0 atom stereocenters. The van der Waals surface area contributed by atoms with Crippen molar-refractivity contribution in [1.29, 1.82) is 0 Å². The summed E-state index contributed by atoms with van der Waals surface area (Å²) in [6.07, 6.45) is -2.44. The number of rotatable bonds is 2. The van der Waals surface area contributed by atoms with E-state index >= 15 is 0 Å². The van der Waals surface area contributed by atoms with Crippen LogP contribution in [-0.2, 0) is 12.6 Å². The van der Waals surface area contributed by atoms with Crippen LogP contribution >= 0.6 is 0 Å². The van der Waals surface area contributed by atoms with E-state index in [1.54, 1.807) is 13.0 Å². The molecule has 0 spiro atoms. The fourth-order valence-electron chi connectivity index (χ4n) is 1.42. The maximum Gasteiger partial charge on any atom is 0.416 e. The summed E-state index contributed by atoms with van der Waals surface area (Å²) in [6.45, 7) is 3.73. The van der Waals surface area contributed by atoms with Crippen LogP contribution in [-0.4, -0.2) is 0 Å². The van der Waals surface area contributed by atoms with Crippen LogP contribution in [0.15, 0.2) is 18.2 Å². The lowest BCUT2D eigenvalue weighted by Crippen LogP contribution is -2.05. The summed E-state index contributed by atoms with van der Waals surface area (Å²) in [5.74, 6) is 0. The summed E-state index contributed by atoms with van der Waals surface area (Å²) < 4.78 is 36.9. The third kappa shape index (κ3) is 2.50. The van der Waals surface area contributed by atoms with Gasteiger partial charge in [0, 0.05) is 0 Å². The molecule has 0 aliphatic heterocycles. The maximum atomic E-state index is 12.3. The molecular weight excluding hydrogens is 189 g/mol. The van der Waals surface area contributed by atoms with E-state index in [2.05, 4.69) is 0 Å². The molecule has 0 bridgehead atoms. The van der Waals surface area contributed by atoms with Gasteiger partial charge in [-0.25, -0.2) is 0 Å². The predicted molar refractivity (Wildman–Crippen MR) is 50.2 cm³/mol. The first-order valence-corrected chi connectivity index (χ1v) is 4.62. The molecule has 0 N–H and O–H groups in total. The molecule has 0 aliphatic rings. The van der Waals surface area contributed by atoms with Gasteiger partial charge in [-0.1, -0.05) is 19.4 Å². The van der Waals surface area contributed by atoms with Crippen molar-refractivity contribution in [2.75, 3.05) is 0 Å². The molecule has 0 aliphatic carbocycles. The van der Waals surface area contributed by atoms with E-state index in [1.807, 2.05) is 6.92 Å². The molecule has 14 heavy (non-hydrogen) atoms. The monoisotopic (exact) mass is 202 g/mol. The maximum absolute atomic E-state index is 12.3. The number of hydrogen-bond acceptors (Lipinski definition) is 0. The van der Waals surface area contributed by atoms with Gasteiger partial charge in [0.1, 0.15) is 0 Å². The van der Waals surface area contributed by atoms with Crippen LogP contribution in [0.1, 0.15) is 30.0 Å². The molecule has 0 aromatic heterocycles. The summed E-state index contributed by atoms with van der Waals surface area (Å²) in [5.41, 5.74) is 1.16. The Morgan fingerprint density at radius 1 is 1.21 bits per heavy atom. The van der Waals surface area contributed by atoms with E-state index in [-0.39, 0.29) is 0 Å². The second-order valence-electron chi connectivity index (χ2n) is 3.39. The molecule has 0 fully saturated rings. The molecule has 1 aromatic rings. The normalized spacial score (nSPS) is 11.8. The molecule has 0 saturated carbocycles. The van der Waals surface area contributed by atoms with Crippen molar-refractivity contribution in [2.45, 2.75) is 32.9 Å². The third-order valence-electron chi connectivity index (χ3n) is 2.19. The van der Waals surface area contributed by atoms with Crippen LogP contribution in [0.5, 0.6) is 0 Å². The molecule has 78 valence electrons. The Labute approximate surface area is 81.8 Å². The Morgan fingerprint density at radius 2 is 1.86 bits per heavy atom. The number of hydrogen-bond donors (Lipinski definition) is 0. The van der Waals surface area contributed by atoms with Crippen LogP contribution < -0.4 is 0 Å². The van der Waals surface area contributed by atoms with E-state index in [0.29, 0.717) is 0 Å². The Hall–Kier alpha value is -0.990. The van der Waals surface area contributed by atoms with Gasteiger partial charge in [-0.3, -0.25) is 0 Å². The highest BCUT2D eigenvalue weighted by Crippen LogP contribution is 2.30. The van der Waals surface area contributed by atoms with E-state index in [1.165, 1.54) is 6.07 Å². The summed E-state index contributed by atoms with van der Waals surface area (Å²) in [6, 6.07) is 3.94. The zero-order valence-electron chi connectivity index (χ0n) is 8.28. The van der Waals surface area contributed by atoms with Gasteiger partial charge >= 0.3 is 6.18 Å². The van der Waals surface area contributed by atoms with E-state index in [4.69, 9.17) is 0 Å². The van der Waals surface area contributed by atoms with Crippen molar-refractivity contribution in [3.8, 4) is 0 Å². The van der Waals surface area contributed by atoms with Gasteiger partial charge in [-0.05, 0) is 36.6 Å². The van der Waals surface area contributed by atoms with Gasteiger partial charge < -0.3 is 0 Å². The van der Waals surface area contributed by atoms with Gasteiger partial charge in [0.2, 0.25) is 0 Å². The molecule has 0 nitrogen and oxygen atoms in total. The number of alkyl halides is 3. The second-order valence-corrected chi connectivity index (χ2v) is 3.39. The van der Waals surface area contributed by atoms with Gasteiger partial charge in [-0.15, -0.1) is 0 Å². The minimum absolute atomic E-state index is 0.560. The average molecular weight is 202 g/mol. The molecule has 0 radical (unpaired) electrons. The molecule has 1 rings (SSSR count). The van der Waals surface area contributed by atoms with Crippen molar-refractivity contribution in [3.05, 3.63) is 34.9 Å². The van der Waals surface area contributed by atoms with Gasteiger partial charge in [0.25, 0.3) is 0 Å². The summed E-state index contributed by atoms with van der Waals surface area (Å²) in [5, 5.41) is 0. The van der Waals surface area contributed by atoms with Crippen molar-refractivity contribution < 1.29 is 13.2 Å². The number of aryl methyl sites for hydroxylation is 2. The minimum Gasteiger partial charge on any atom is -0.166 e. The van der Waals surface area contributed by atoms with Crippen LogP contribution in [0.4, 0.5) is 13.2 Å². The lowest BCUT2D eigenvalue weighted by atomic mass is 10.0. The largest absolute Gasteiger partial charge is 0.416 e. The fraction of sp³-hybridized carbons (Fsp3) is 0.455.